The topological polar surface area (TPSA) is 92.9 Å². The van der Waals surface area contributed by atoms with Crippen molar-refractivity contribution in [1.82, 2.24) is 0 Å². The third kappa shape index (κ3) is 4.55. The van der Waals surface area contributed by atoms with E-state index in [2.05, 4.69) is 4.99 Å². The molecule has 0 aromatic heterocycles. The van der Waals surface area contributed by atoms with Crippen LogP contribution in [0.1, 0.15) is 18.1 Å². The molecular weight excluding hydrogens is 402 g/mol. The molecular formula is C22H21N3O4S. The molecule has 7 nitrogen and oxygen atoms in total. The van der Waals surface area contributed by atoms with E-state index in [0.717, 1.165) is 15.4 Å². The minimum atomic E-state index is -4.06. The van der Waals surface area contributed by atoms with E-state index in [-0.39, 0.29) is 16.4 Å². The average molecular weight is 423 g/mol. The standard InChI is InChI=1S/C22H21N3O4S/c1-16-4-8-19(9-5-16)23-18(3)24(20-10-6-17(2)7-11-20)30(28,29)22-14-12-21(13-15-22)25(26)27/h4-15H,1-3H3. The van der Waals surface area contributed by atoms with Crippen LogP contribution in [0.4, 0.5) is 17.1 Å². The van der Waals surface area contributed by atoms with E-state index in [1.165, 1.54) is 24.3 Å². The normalized spacial score (nSPS) is 11.9. The summed E-state index contributed by atoms with van der Waals surface area (Å²) in [6, 6.07) is 19.2. The van der Waals surface area contributed by atoms with Crippen molar-refractivity contribution >= 4 is 32.9 Å². The molecule has 0 amide bonds. The maximum atomic E-state index is 13.5. The Morgan fingerprint density at radius 2 is 1.37 bits per heavy atom. The summed E-state index contributed by atoms with van der Waals surface area (Å²) in [6.45, 7) is 5.48. The van der Waals surface area contributed by atoms with Crippen molar-refractivity contribution in [3.05, 3.63) is 94.0 Å². The van der Waals surface area contributed by atoms with Gasteiger partial charge in [-0.05, 0) is 57.2 Å². The molecule has 0 atom stereocenters. The van der Waals surface area contributed by atoms with Gasteiger partial charge in [-0.15, -0.1) is 0 Å². The second-order valence-electron chi connectivity index (χ2n) is 6.85. The molecule has 8 heteroatoms. The summed E-state index contributed by atoms with van der Waals surface area (Å²) in [5.74, 6) is 0.251. The first kappa shape index (κ1) is 21.2. The van der Waals surface area contributed by atoms with Crippen molar-refractivity contribution in [2.24, 2.45) is 4.99 Å². The maximum absolute atomic E-state index is 13.5. The van der Waals surface area contributed by atoms with E-state index in [1.54, 1.807) is 19.1 Å². The van der Waals surface area contributed by atoms with Crippen LogP contribution >= 0.6 is 0 Å². The van der Waals surface area contributed by atoms with Gasteiger partial charge >= 0.3 is 0 Å². The number of benzene rings is 3. The van der Waals surface area contributed by atoms with Crippen molar-refractivity contribution in [3.63, 3.8) is 0 Å². The third-order valence-corrected chi connectivity index (χ3v) is 6.30. The molecule has 0 aliphatic rings. The molecule has 0 N–H and O–H groups in total. The number of amidine groups is 1. The quantitative estimate of drug-likeness (QED) is 0.245. The minimum absolute atomic E-state index is 0.0628. The van der Waals surface area contributed by atoms with Crippen molar-refractivity contribution in [2.45, 2.75) is 25.7 Å². The van der Waals surface area contributed by atoms with Gasteiger partial charge in [0.25, 0.3) is 15.7 Å². The number of aliphatic imine (C=N–C) groups is 1. The van der Waals surface area contributed by atoms with Gasteiger partial charge in [0.1, 0.15) is 5.84 Å². The Bertz CT molecular complexity index is 1180. The molecule has 30 heavy (non-hydrogen) atoms. The number of nitro benzene ring substituents is 1. The van der Waals surface area contributed by atoms with Gasteiger partial charge in [0.05, 0.1) is 21.2 Å². The van der Waals surface area contributed by atoms with E-state index in [9.17, 15) is 18.5 Å². The number of nitrogens with zero attached hydrogens (tertiary/aromatic N) is 3. The number of sulfonamides is 1. The van der Waals surface area contributed by atoms with Crippen molar-refractivity contribution in [2.75, 3.05) is 4.31 Å². The van der Waals surface area contributed by atoms with Gasteiger partial charge in [-0.1, -0.05) is 35.4 Å². The second-order valence-corrected chi connectivity index (χ2v) is 8.64. The van der Waals surface area contributed by atoms with Crippen LogP contribution in [0.15, 0.2) is 82.7 Å². The van der Waals surface area contributed by atoms with Gasteiger partial charge in [0.2, 0.25) is 0 Å². The van der Waals surface area contributed by atoms with E-state index in [4.69, 9.17) is 0 Å². The maximum Gasteiger partial charge on any atom is 0.269 e. The van der Waals surface area contributed by atoms with Gasteiger partial charge in [0.15, 0.2) is 0 Å². The molecule has 0 unspecified atom stereocenters. The summed E-state index contributed by atoms with van der Waals surface area (Å²) in [5, 5.41) is 10.9. The van der Waals surface area contributed by atoms with Crippen LogP contribution in [0.2, 0.25) is 0 Å². The van der Waals surface area contributed by atoms with Gasteiger partial charge in [-0.3, -0.25) is 10.1 Å². The van der Waals surface area contributed by atoms with E-state index in [1.807, 2.05) is 50.2 Å². The summed E-state index contributed by atoms with van der Waals surface area (Å²) in [6.07, 6.45) is 0. The molecule has 0 bridgehead atoms. The Hall–Kier alpha value is -3.52. The monoisotopic (exact) mass is 423 g/mol. The number of non-ortho nitro benzene ring substituents is 1. The fourth-order valence-corrected chi connectivity index (χ4v) is 4.36. The van der Waals surface area contributed by atoms with Crippen molar-refractivity contribution < 1.29 is 13.3 Å². The van der Waals surface area contributed by atoms with Gasteiger partial charge in [-0.2, -0.15) is 0 Å². The molecule has 0 radical (unpaired) electrons. The lowest BCUT2D eigenvalue weighted by atomic mass is 10.2. The zero-order valence-electron chi connectivity index (χ0n) is 16.8. The third-order valence-electron chi connectivity index (χ3n) is 4.47. The zero-order chi connectivity index (χ0) is 21.9. The number of nitro groups is 1. The molecule has 0 heterocycles. The van der Waals surface area contributed by atoms with Gasteiger partial charge < -0.3 is 0 Å². The molecule has 0 saturated heterocycles. The highest BCUT2D eigenvalue weighted by Gasteiger charge is 2.28. The fraction of sp³-hybridized carbons (Fsp3) is 0.136. The SMILES string of the molecule is CC(=Nc1ccc(C)cc1)N(c1ccc(C)cc1)S(=O)(=O)c1ccc([N+](=O)[O-])cc1. The Labute approximate surface area is 175 Å². The second kappa shape index (κ2) is 8.46. The Balaban J connectivity index is 2.11. The lowest BCUT2D eigenvalue weighted by molar-refractivity contribution is -0.384. The number of hydrogen-bond acceptors (Lipinski definition) is 5. The van der Waals surface area contributed by atoms with Crippen LogP contribution in [0.5, 0.6) is 0 Å². The van der Waals surface area contributed by atoms with Crippen molar-refractivity contribution in [3.8, 4) is 0 Å². The predicted octanol–water partition coefficient (Wildman–Crippen LogP) is 5.16. The molecule has 0 aliphatic heterocycles. The van der Waals surface area contributed by atoms with Crippen LogP contribution in [0, 0.1) is 24.0 Å². The Morgan fingerprint density at radius 3 is 1.87 bits per heavy atom. The molecule has 0 aliphatic carbocycles. The van der Waals surface area contributed by atoms with E-state index < -0.39 is 14.9 Å². The smallest absolute Gasteiger partial charge is 0.258 e. The molecule has 3 rings (SSSR count). The first-order chi connectivity index (χ1) is 14.2. The van der Waals surface area contributed by atoms with Crippen LogP contribution in [0.25, 0.3) is 0 Å². The summed E-state index contributed by atoms with van der Waals surface area (Å²) in [5.41, 5.74) is 2.92. The predicted molar refractivity (Wildman–Crippen MR) is 118 cm³/mol. The molecule has 0 saturated carbocycles. The van der Waals surface area contributed by atoms with Crippen molar-refractivity contribution in [1.29, 1.82) is 0 Å². The summed E-state index contributed by atoms with van der Waals surface area (Å²) in [7, 11) is -4.06. The largest absolute Gasteiger partial charge is 0.269 e. The molecule has 3 aromatic rings. The number of hydrogen-bond donors (Lipinski definition) is 0. The highest BCUT2D eigenvalue weighted by Crippen LogP contribution is 2.27. The van der Waals surface area contributed by atoms with Crippen LogP contribution < -0.4 is 4.31 Å². The zero-order valence-corrected chi connectivity index (χ0v) is 17.6. The lowest BCUT2D eigenvalue weighted by Crippen LogP contribution is -2.35. The fourth-order valence-electron chi connectivity index (χ4n) is 2.88. The summed E-state index contributed by atoms with van der Waals surface area (Å²) in [4.78, 5) is 14.8. The van der Waals surface area contributed by atoms with Crippen LogP contribution in [-0.4, -0.2) is 19.2 Å². The highest BCUT2D eigenvalue weighted by atomic mass is 32.2. The number of anilines is 1. The van der Waals surface area contributed by atoms with Crippen LogP contribution in [-0.2, 0) is 10.0 Å². The minimum Gasteiger partial charge on any atom is -0.258 e. The molecule has 0 fully saturated rings. The highest BCUT2D eigenvalue weighted by molar-refractivity contribution is 7.93. The average Bonchev–Trinajstić information content (AvgIpc) is 2.71. The van der Waals surface area contributed by atoms with Gasteiger partial charge in [-0.25, -0.2) is 17.7 Å². The molecule has 154 valence electrons. The summed E-state index contributed by atoms with van der Waals surface area (Å²) >= 11 is 0. The first-order valence-corrected chi connectivity index (χ1v) is 10.6. The molecule has 3 aromatic carbocycles. The van der Waals surface area contributed by atoms with E-state index in [0.29, 0.717) is 11.4 Å². The first-order valence-electron chi connectivity index (χ1n) is 9.17. The van der Waals surface area contributed by atoms with E-state index >= 15 is 0 Å². The van der Waals surface area contributed by atoms with Crippen LogP contribution in [0.3, 0.4) is 0 Å². The van der Waals surface area contributed by atoms with Gasteiger partial charge in [0, 0.05) is 12.1 Å². The molecule has 0 spiro atoms. The lowest BCUT2D eigenvalue weighted by Gasteiger charge is -2.24. The number of rotatable bonds is 5. The number of aryl methyl sites for hydroxylation is 2. The Morgan fingerprint density at radius 1 is 0.867 bits per heavy atom. The Kier molecular flexibility index (Phi) is 5.98. The summed E-state index contributed by atoms with van der Waals surface area (Å²) < 4.78 is 28.1.